The summed E-state index contributed by atoms with van der Waals surface area (Å²) < 4.78 is 6.53. The van der Waals surface area contributed by atoms with Crippen molar-refractivity contribution >= 4 is 27.3 Å². The van der Waals surface area contributed by atoms with Crippen LogP contribution in [-0.2, 0) is 0 Å². The van der Waals surface area contributed by atoms with Crippen LogP contribution in [0, 0.1) is 6.92 Å². The highest BCUT2D eigenvalue weighted by molar-refractivity contribution is 9.10. The average molecular weight is 360 g/mol. The van der Waals surface area contributed by atoms with E-state index in [0.29, 0.717) is 0 Å². The van der Waals surface area contributed by atoms with Gasteiger partial charge in [0.05, 0.1) is 18.4 Å². The number of rotatable bonds is 3. The zero-order chi connectivity index (χ0) is 14.8. The fourth-order valence-corrected chi connectivity index (χ4v) is 3.50. The van der Waals surface area contributed by atoms with Crippen molar-refractivity contribution in [3.63, 3.8) is 0 Å². The lowest BCUT2D eigenvalue weighted by molar-refractivity contribution is 0.416. The van der Waals surface area contributed by atoms with Crippen LogP contribution in [0.2, 0.25) is 0 Å². The minimum absolute atomic E-state index is 0.864. The molecule has 2 nitrogen and oxygen atoms in total. The number of nitrogens with zero attached hydrogens (tertiary/aromatic N) is 1. The molecule has 0 aliphatic carbocycles. The summed E-state index contributed by atoms with van der Waals surface area (Å²) in [6.45, 7) is 2.06. The molecule has 0 N–H and O–H groups in total. The number of halogens is 1. The number of hydrogen-bond acceptors (Lipinski definition) is 3. The maximum Gasteiger partial charge on any atom is 0.129 e. The maximum absolute atomic E-state index is 5.48. The molecule has 3 rings (SSSR count). The normalized spacial score (nSPS) is 10.6. The van der Waals surface area contributed by atoms with E-state index >= 15 is 0 Å². The largest absolute Gasteiger partial charge is 0.496 e. The van der Waals surface area contributed by atoms with Gasteiger partial charge < -0.3 is 4.74 Å². The number of ether oxygens (including phenoxy) is 1. The van der Waals surface area contributed by atoms with Crippen molar-refractivity contribution in [3.05, 3.63) is 57.9 Å². The van der Waals surface area contributed by atoms with Gasteiger partial charge >= 0.3 is 0 Å². The lowest BCUT2D eigenvalue weighted by Gasteiger charge is -2.06. The van der Waals surface area contributed by atoms with E-state index in [2.05, 4.69) is 46.4 Å². The monoisotopic (exact) mass is 359 g/mol. The van der Waals surface area contributed by atoms with Crippen molar-refractivity contribution in [1.29, 1.82) is 0 Å². The Hall–Kier alpha value is -1.65. The summed E-state index contributed by atoms with van der Waals surface area (Å²) in [5.41, 5.74) is 4.29. The molecule has 1 heterocycles. The Morgan fingerprint density at radius 2 is 1.90 bits per heavy atom. The first-order chi connectivity index (χ1) is 10.2. The topological polar surface area (TPSA) is 22.1 Å². The quantitative estimate of drug-likeness (QED) is 0.610. The van der Waals surface area contributed by atoms with E-state index in [0.717, 1.165) is 32.1 Å². The Kier molecular flexibility index (Phi) is 4.08. The summed E-state index contributed by atoms with van der Waals surface area (Å²) in [7, 11) is 1.70. The highest BCUT2D eigenvalue weighted by Gasteiger charge is 2.12. The second kappa shape index (κ2) is 6.00. The molecule has 0 aliphatic rings. The SMILES string of the molecule is COc1cc(C)ccc1-c1nc(-c2ccccc2Br)cs1. The van der Waals surface area contributed by atoms with Crippen LogP contribution in [0.15, 0.2) is 52.3 Å². The molecular formula is C17H14BrNOS. The second-order valence-electron chi connectivity index (χ2n) is 4.72. The summed E-state index contributed by atoms with van der Waals surface area (Å²) in [6.07, 6.45) is 0. The van der Waals surface area contributed by atoms with Gasteiger partial charge in [0.25, 0.3) is 0 Å². The van der Waals surface area contributed by atoms with Crippen LogP contribution in [0.25, 0.3) is 21.8 Å². The highest BCUT2D eigenvalue weighted by Crippen LogP contribution is 2.36. The van der Waals surface area contributed by atoms with E-state index in [4.69, 9.17) is 9.72 Å². The molecule has 0 amide bonds. The molecule has 0 atom stereocenters. The molecule has 0 aliphatic heterocycles. The first-order valence-electron chi connectivity index (χ1n) is 6.54. The third-order valence-corrected chi connectivity index (χ3v) is 4.81. The summed E-state index contributed by atoms with van der Waals surface area (Å²) in [6, 6.07) is 14.3. The molecular weight excluding hydrogens is 346 g/mol. The first kappa shape index (κ1) is 14.3. The van der Waals surface area contributed by atoms with E-state index in [1.807, 2.05) is 24.3 Å². The Balaban J connectivity index is 2.05. The van der Waals surface area contributed by atoms with E-state index in [-0.39, 0.29) is 0 Å². The zero-order valence-corrected chi connectivity index (χ0v) is 14.2. The zero-order valence-electron chi connectivity index (χ0n) is 11.8. The van der Waals surface area contributed by atoms with Gasteiger partial charge in [-0.15, -0.1) is 11.3 Å². The molecule has 21 heavy (non-hydrogen) atoms. The molecule has 0 bridgehead atoms. The fraction of sp³-hybridized carbons (Fsp3) is 0.118. The number of benzene rings is 2. The summed E-state index contributed by atoms with van der Waals surface area (Å²) in [5, 5.41) is 3.05. The van der Waals surface area contributed by atoms with Crippen LogP contribution in [0.1, 0.15) is 5.56 Å². The van der Waals surface area contributed by atoms with Crippen molar-refractivity contribution in [2.75, 3.05) is 7.11 Å². The van der Waals surface area contributed by atoms with Crippen molar-refractivity contribution in [2.45, 2.75) is 6.92 Å². The van der Waals surface area contributed by atoms with Gasteiger partial charge in [-0.2, -0.15) is 0 Å². The molecule has 0 unspecified atom stereocenters. The minimum Gasteiger partial charge on any atom is -0.496 e. The molecule has 0 spiro atoms. The summed E-state index contributed by atoms with van der Waals surface area (Å²) in [5.74, 6) is 0.864. The molecule has 0 radical (unpaired) electrons. The molecule has 0 saturated carbocycles. The van der Waals surface area contributed by atoms with Crippen LogP contribution >= 0.6 is 27.3 Å². The average Bonchev–Trinajstić information content (AvgIpc) is 2.97. The first-order valence-corrected chi connectivity index (χ1v) is 8.22. The smallest absolute Gasteiger partial charge is 0.129 e. The van der Waals surface area contributed by atoms with E-state index in [9.17, 15) is 0 Å². The Morgan fingerprint density at radius 1 is 1.10 bits per heavy atom. The minimum atomic E-state index is 0.864. The predicted molar refractivity (Wildman–Crippen MR) is 92.0 cm³/mol. The van der Waals surface area contributed by atoms with Gasteiger partial charge in [-0.1, -0.05) is 40.2 Å². The third kappa shape index (κ3) is 2.87. The van der Waals surface area contributed by atoms with E-state index in [1.54, 1.807) is 18.4 Å². The molecule has 2 aromatic carbocycles. The summed E-state index contributed by atoms with van der Waals surface area (Å²) >= 11 is 5.21. The van der Waals surface area contributed by atoms with E-state index < -0.39 is 0 Å². The second-order valence-corrected chi connectivity index (χ2v) is 6.43. The standard InChI is InChI=1S/C17H14BrNOS/c1-11-7-8-13(16(9-11)20-2)17-19-15(10-21-17)12-5-3-4-6-14(12)18/h3-10H,1-2H3. The Morgan fingerprint density at radius 3 is 2.67 bits per heavy atom. The Labute approximate surface area is 136 Å². The van der Waals surface area contributed by atoms with Crippen molar-refractivity contribution in [3.8, 4) is 27.6 Å². The molecule has 106 valence electrons. The molecule has 0 saturated heterocycles. The van der Waals surface area contributed by atoms with Crippen LogP contribution in [0.5, 0.6) is 5.75 Å². The number of thiazole rings is 1. The Bertz CT molecular complexity index is 782. The van der Waals surface area contributed by atoms with Gasteiger partial charge in [0.15, 0.2) is 0 Å². The molecule has 1 aromatic heterocycles. The number of aromatic nitrogens is 1. The molecule has 0 fully saturated rings. The van der Waals surface area contributed by atoms with Gasteiger partial charge in [-0.05, 0) is 30.7 Å². The number of hydrogen-bond donors (Lipinski definition) is 0. The van der Waals surface area contributed by atoms with E-state index in [1.165, 1.54) is 5.56 Å². The van der Waals surface area contributed by atoms with Crippen LogP contribution in [0.4, 0.5) is 0 Å². The lowest BCUT2D eigenvalue weighted by atomic mass is 10.1. The van der Waals surface area contributed by atoms with Crippen molar-refractivity contribution in [2.24, 2.45) is 0 Å². The molecule has 4 heteroatoms. The van der Waals surface area contributed by atoms with Gasteiger partial charge in [0, 0.05) is 15.4 Å². The maximum atomic E-state index is 5.48. The van der Waals surface area contributed by atoms with Crippen LogP contribution < -0.4 is 4.74 Å². The predicted octanol–water partition coefficient (Wildman–Crippen LogP) is 5.56. The van der Waals surface area contributed by atoms with Crippen LogP contribution in [-0.4, -0.2) is 12.1 Å². The van der Waals surface area contributed by atoms with Gasteiger partial charge in [-0.25, -0.2) is 4.98 Å². The van der Waals surface area contributed by atoms with Gasteiger partial charge in [-0.3, -0.25) is 0 Å². The molecule has 3 aromatic rings. The third-order valence-electron chi connectivity index (χ3n) is 3.24. The lowest BCUT2D eigenvalue weighted by Crippen LogP contribution is -1.89. The van der Waals surface area contributed by atoms with Crippen molar-refractivity contribution < 1.29 is 4.74 Å². The van der Waals surface area contributed by atoms with Crippen molar-refractivity contribution in [1.82, 2.24) is 4.98 Å². The van der Waals surface area contributed by atoms with Gasteiger partial charge in [0.2, 0.25) is 0 Å². The van der Waals surface area contributed by atoms with Crippen LogP contribution in [0.3, 0.4) is 0 Å². The fourth-order valence-electron chi connectivity index (χ4n) is 2.17. The number of methoxy groups -OCH3 is 1. The highest BCUT2D eigenvalue weighted by atomic mass is 79.9. The summed E-state index contributed by atoms with van der Waals surface area (Å²) in [4.78, 5) is 4.76. The van der Waals surface area contributed by atoms with Gasteiger partial charge in [0.1, 0.15) is 10.8 Å². The number of aryl methyl sites for hydroxylation is 1.